The van der Waals surface area contributed by atoms with Gasteiger partial charge in [-0.1, -0.05) is 0 Å². The largest absolute Gasteiger partial charge is 0.480 e. The van der Waals surface area contributed by atoms with E-state index in [-0.39, 0.29) is 34.3 Å². The number of hydroxylamine groups is 2. The maximum atomic E-state index is 12.6. The molecule has 1 aliphatic rings. The van der Waals surface area contributed by atoms with Gasteiger partial charge < -0.3 is 26.3 Å². The smallest absolute Gasteiger partial charge is 0.333 e. The Hall–Kier alpha value is -5.50. The van der Waals surface area contributed by atoms with Gasteiger partial charge in [0.1, 0.15) is 6.04 Å². The Morgan fingerprint density at radius 3 is 2.49 bits per heavy atom. The summed E-state index contributed by atoms with van der Waals surface area (Å²) in [7, 11) is -4.91. The minimum Gasteiger partial charge on any atom is -0.480 e. The molecule has 2 atom stereocenters. The van der Waals surface area contributed by atoms with E-state index < -0.39 is 75.9 Å². The van der Waals surface area contributed by atoms with E-state index in [1.807, 2.05) is 0 Å². The van der Waals surface area contributed by atoms with Gasteiger partial charge in [-0.3, -0.25) is 28.7 Å². The Kier molecular flexibility index (Phi) is 8.61. The first kappa shape index (κ1) is 30.5. The molecule has 0 saturated carbocycles. The van der Waals surface area contributed by atoms with Crippen LogP contribution in [0.25, 0.3) is 11.2 Å². The van der Waals surface area contributed by atoms with Crippen LogP contribution in [-0.2, 0) is 40.7 Å². The molecule has 2 aromatic heterocycles. The number of nitrogen functional groups attached to an aromatic ring is 1. The van der Waals surface area contributed by atoms with E-state index in [2.05, 4.69) is 35.4 Å². The van der Waals surface area contributed by atoms with Crippen molar-refractivity contribution in [2.75, 3.05) is 11.1 Å². The molecule has 19 nitrogen and oxygen atoms in total. The lowest BCUT2D eigenvalue weighted by Crippen LogP contribution is -2.41. The van der Waals surface area contributed by atoms with Gasteiger partial charge in [-0.2, -0.15) is 13.4 Å². The van der Waals surface area contributed by atoms with Crippen LogP contribution in [0.5, 0.6) is 0 Å². The van der Waals surface area contributed by atoms with Crippen molar-refractivity contribution < 1.29 is 46.9 Å². The molecule has 3 amide bonds. The molecule has 43 heavy (non-hydrogen) atoms. The van der Waals surface area contributed by atoms with Gasteiger partial charge in [0.15, 0.2) is 16.4 Å². The number of benzene rings is 1. The van der Waals surface area contributed by atoms with Crippen molar-refractivity contribution in [3.8, 4) is 0 Å². The molecule has 1 aromatic carbocycles. The highest BCUT2D eigenvalue weighted by Gasteiger charge is 2.48. The number of carbonyl (C=O) groups excluding carboxylic acids is 4. The number of anilines is 2. The average Bonchev–Trinajstić information content (AvgIpc) is 3.23. The Morgan fingerprint density at radius 2 is 1.86 bits per heavy atom. The molecule has 7 N–H and O–H groups in total. The fourth-order valence-corrected chi connectivity index (χ4v) is 4.51. The van der Waals surface area contributed by atoms with Gasteiger partial charge in [0.05, 0.1) is 31.3 Å². The third kappa shape index (κ3) is 7.23. The van der Waals surface area contributed by atoms with Crippen molar-refractivity contribution in [2.24, 2.45) is 0 Å². The summed E-state index contributed by atoms with van der Waals surface area (Å²) in [4.78, 5) is 91.2. The van der Waals surface area contributed by atoms with E-state index in [0.29, 0.717) is 11.4 Å². The summed E-state index contributed by atoms with van der Waals surface area (Å²) in [5.41, 5.74) is 6.05. The van der Waals surface area contributed by atoms with Gasteiger partial charge in [-0.05, 0) is 30.7 Å². The van der Waals surface area contributed by atoms with E-state index >= 15 is 0 Å². The first-order valence-corrected chi connectivity index (χ1v) is 13.7. The minimum atomic E-state index is -4.91. The zero-order chi connectivity index (χ0) is 31.5. The Labute approximate surface area is 240 Å². The fraction of sp³-hybridized carbons (Fsp3) is 0.261. The number of hydrogen-bond acceptors (Lipinski definition) is 14. The molecule has 226 valence electrons. The number of carbonyl (C=O) groups is 5. The summed E-state index contributed by atoms with van der Waals surface area (Å²) in [6, 6.07) is 4.26. The van der Waals surface area contributed by atoms with Crippen molar-refractivity contribution in [3.63, 3.8) is 0 Å². The number of fused-ring (bicyclic) bond motifs is 1. The summed E-state index contributed by atoms with van der Waals surface area (Å²) in [5.74, 6) is -6.29. The van der Waals surface area contributed by atoms with Crippen molar-refractivity contribution in [3.05, 3.63) is 52.1 Å². The normalized spacial score (nSPS) is 15.7. The Balaban J connectivity index is 1.30. The summed E-state index contributed by atoms with van der Waals surface area (Å²) >= 11 is 0. The van der Waals surface area contributed by atoms with Gasteiger partial charge in [0, 0.05) is 11.3 Å². The van der Waals surface area contributed by atoms with E-state index in [9.17, 15) is 42.3 Å². The van der Waals surface area contributed by atoms with Crippen LogP contribution < -0.4 is 21.9 Å². The number of rotatable bonds is 11. The highest BCUT2D eigenvalue weighted by molar-refractivity contribution is 7.87. The Morgan fingerprint density at radius 1 is 1.16 bits per heavy atom. The lowest BCUT2D eigenvalue weighted by molar-refractivity contribution is -0.197. The predicted molar refractivity (Wildman–Crippen MR) is 142 cm³/mol. The van der Waals surface area contributed by atoms with Crippen LogP contribution >= 0.6 is 0 Å². The zero-order valence-corrected chi connectivity index (χ0v) is 22.5. The van der Waals surface area contributed by atoms with Crippen LogP contribution in [0, 0.1) is 0 Å². The highest BCUT2D eigenvalue weighted by Crippen LogP contribution is 2.20. The minimum absolute atomic E-state index is 0.00516. The van der Waals surface area contributed by atoms with E-state index in [0.717, 1.165) is 0 Å². The lowest BCUT2D eigenvalue weighted by Gasteiger charge is -2.16. The number of hydrogen-bond donors (Lipinski definition) is 6. The molecule has 3 heterocycles. The van der Waals surface area contributed by atoms with Crippen LogP contribution in [-0.4, -0.2) is 84.0 Å². The first-order valence-electron chi connectivity index (χ1n) is 12.2. The SMILES string of the molecule is Nc1nc2ncc(CNc3ccc(C(=O)N[C@@H](CCC(=O)ON4C(=O)CC(S(=O)(=O)O)C4=O)C(=O)O)cc3)nc2c(=O)[nH]1. The number of nitrogens with zero attached hydrogens (tertiary/aromatic N) is 4. The van der Waals surface area contributed by atoms with E-state index in [1.165, 1.54) is 30.5 Å². The average molecular weight is 619 g/mol. The lowest BCUT2D eigenvalue weighted by atomic mass is 10.1. The molecule has 0 spiro atoms. The fourth-order valence-electron chi connectivity index (χ4n) is 3.81. The molecular formula is C23H22N8O11S. The number of aromatic nitrogens is 4. The predicted octanol–water partition coefficient (Wildman–Crippen LogP) is -1.66. The summed E-state index contributed by atoms with van der Waals surface area (Å²) in [6.07, 6.45) is -0.711. The standard InChI is InChI=1S/C23H22N8O11S/c24-23-29-18-17(20(35)30-23)27-12(9-26-18)8-25-11-3-1-10(2-4-11)19(34)28-13(22(37)38)5-6-16(33)42-31-15(32)7-14(21(31)36)43(39,40)41/h1-4,9,13-14,25H,5-8H2,(H,28,34)(H,37,38)(H,39,40,41)(H3,24,26,29,30,35)/t13-,14?/m0/s1. The number of nitrogens with one attached hydrogen (secondary N) is 3. The quantitative estimate of drug-likeness (QED) is 0.103. The number of aliphatic carboxylic acids is 1. The van der Waals surface area contributed by atoms with Gasteiger partial charge in [0.25, 0.3) is 33.4 Å². The molecule has 20 heteroatoms. The van der Waals surface area contributed by atoms with Crippen LogP contribution in [0.15, 0.2) is 35.3 Å². The highest BCUT2D eigenvalue weighted by atomic mass is 32.2. The maximum Gasteiger partial charge on any atom is 0.333 e. The van der Waals surface area contributed by atoms with Gasteiger partial charge in [0.2, 0.25) is 5.95 Å². The van der Waals surface area contributed by atoms with E-state index in [4.69, 9.17) is 10.3 Å². The van der Waals surface area contributed by atoms with Crippen LogP contribution in [0.4, 0.5) is 11.6 Å². The van der Waals surface area contributed by atoms with Gasteiger partial charge in [-0.25, -0.2) is 19.6 Å². The van der Waals surface area contributed by atoms with E-state index in [1.54, 1.807) is 0 Å². The number of carboxylic acids is 1. The van der Waals surface area contributed by atoms with Crippen molar-refractivity contribution in [1.82, 2.24) is 30.3 Å². The zero-order valence-electron chi connectivity index (χ0n) is 21.7. The molecule has 1 aliphatic heterocycles. The number of H-pyrrole nitrogens is 1. The van der Waals surface area contributed by atoms with Gasteiger partial charge >= 0.3 is 11.9 Å². The topological polar surface area (TPSA) is 294 Å². The molecule has 1 saturated heterocycles. The monoisotopic (exact) mass is 618 g/mol. The number of imide groups is 1. The Bertz CT molecular complexity index is 1790. The molecule has 0 bridgehead atoms. The molecule has 0 aliphatic carbocycles. The number of amides is 3. The summed E-state index contributed by atoms with van der Waals surface area (Å²) in [5, 5.41) is 12.5. The molecule has 1 fully saturated rings. The van der Waals surface area contributed by atoms with Crippen LogP contribution in [0.3, 0.4) is 0 Å². The van der Waals surface area contributed by atoms with Crippen molar-refractivity contribution in [2.45, 2.75) is 37.1 Å². The third-order valence-electron chi connectivity index (χ3n) is 5.96. The van der Waals surface area contributed by atoms with Crippen molar-refractivity contribution in [1.29, 1.82) is 0 Å². The second kappa shape index (κ2) is 12.2. The summed E-state index contributed by atoms with van der Waals surface area (Å²) < 4.78 is 31.4. The van der Waals surface area contributed by atoms with Gasteiger partial charge in [-0.15, -0.1) is 5.06 Å². The molecule has 1 unspecified atom stereocenters. The molecular weight excluding hydrogens is 596 g/mol. The number of nitrogens with two attached hydrogens (primary N) is 1. The first-order chi connectivity index (χ1) is 20.2. The number of carboxylic acid groups (broad SMARTS) is 1. The van der Waals surface area contributed by atoms with Crippen LogP contribution in [0.2, 0.25) is 0 Å². The number of aromatic amines is 1. The third-order valence-corrected chi connectivity index (χ3v) is 7.05. The molecule has 4 rings (SSSR count). The maximum absolute atomic E-state index is 12.6. The second-order valence-electron chi connectivity index (χ2n) is 9.02. The van der Waals surface area contributed by atoms with Crippen LogP contribution in [0.1, 0.15) is 35.3 Å². The molecule has 0 radical (unpaired) electrons. The second-order valence-corrected chi connectivity index (χ2v) is 10.6. The van der Waals surface area contributed by atoms with Crippen molar-refractivity contribution >= 4 is 62.6 Å². The summed E-state index contributed by atoms with van der Waals surface area (Å²) in [6.45, 7) is 0.153. The molecule has 3 aromatic rings.